The number of unbranched alkanes of at least 4 members (excludes halogenated alkanes) is 1. The third-order valence-corrected chi connectivity index (χ3v) is 4.13. The summed E-state index contributed by atoms with van der Waals surface area (Å²) in [5.74, 6) is -5.59. The molecule has 0 saturated heterocycles. The summed E-state index contributed by atoms with van der Waals surface area (Å²) in [6.07, 6.45) is -5.51. The van der Waals surface area contributed by atoms with Crippen LogP contribution in [0.3, 0.4) is 0 Å². The molecule has 4 atom stereocenters. The maximum Gasteiger partial charge on any atom is 0.221 e. The third-order valence-electron chi connectivity index (χ3n) is 4.13. The van der Waals surface area contributed by atoms with E-state index in [1.165, 1.54) is 0 Å². The lowest BCUT2D eigenvalue weighted by Gasteiger charge is -2.33. The first-order valence-corrected chi connectivity index (χ1v) is 8.28. The van der Waals surface area contributed by atoms with Gasteiger partial charge in [-0.1, -0.05) is 50.1 Å². The number of carbonyl (C=O) groups excluding carboxylic acids is 1. The Morgan fingerprint density at radius 1 is 1.20 bits per heavy atom. The smallest absolute Gasteiger partial charge is 0.221 e. The van der Waals surface area contributed by atoms with Gasteiger partial charge >= 0.3 is 0 Å². The van der Waals surface area contributed by atoms with E-state index in [2.05, 4.69) is 0 Å². The van der Waals surface area contributed by atoms with Gasteiger partial charge in [0.15, 0.2) is 5.78 Å². The first-order chi connectivity index (χ1) is 12.1. The van der Waals surface area contributed by atoms with Crippen molar-refractivity contribution < 1.29 is 36.8 Å². The van der Waals surface area contributed by atoms with E-state index in [0.717, 1.165) is 6.42 Å². The molecule has 142 valence electrons. The molecule has 0 amide bonds. The topological polar surface area (TPSA) is 138 Å². The number of hydrogen-bond acceptors (Lipinski definition) is 7. The normalized spacial score (nSPS) is 18.8. The molecule has 1 aromatic rings. The number of Topliss-reactive ketones (excluding diaryl/α,β-unsaturated/α-hetero) is 1. The number of carbonyl (C=O) groups is 1. The fourth-order valence-corrected chi connectivity index (χ4v) is 2.45. The molecule has 0 aliphatic carbocycles. The lowest BCUT2D eigenvalue weighted by molar-refractivity contribution is -0.292. The van der Waals surface area contributed by atoms with Gasteiger partial charge in [0.2, 0.25) is 5.79 Å². The molecule has 25 heavy (non-hydrogen) atoms. The highest BCUT2D eigenvalue weighted by Crippen LogP contribution is 2.27. The average Bonchev–Trinajstić information content (AvgIpc) is 2.64. The van der Waals surface area contributed by atoms with Gasteiger partial charge in [-0.05, 0) is 17.9 Å². The summed E-state index contributed by atoms with van der Waals surface area (Å²) < 4.78 is 8.68. The Kier molecular flexibility index (Phi) is 7.95. The zero-order valence-electron chi connectivity index (χ0n) is 15.2. The Balaban J connectivity index is 2.99. The van der Waals surface area contributed by atoms with Crippen molar-refractivity contribution in [3.05, 3.63) is 35.9 Å². The van der Waals surface area contributed by atoms with E-state index in [9.17, 15) is 30.3 Å². The van der Waals surface area contributed by atoms with Crippen molar-refractivity contribution in [2.45, 2.75) is 62.6 Å². The summed E-state index contributed by atoms with van der Waals surface area (Å²) in [7, 11) is 0. The van der Waals surface area contributed by atoms with Crippen LogP contribution in [0.2, 0.25) is 0 Å². The lowest BCUT2D eigenvalue weighted by atomic mass is 9.86. The molecule has 7 nitrogen and oxygen atoms in total. The van der Waals surface area contributed by atoms with Crippen LogP contribution in [0, 0.1) is 0 Å². The Hall–Kier alpha value is -1.35. The summed E-state index contributed by atoms with van der Waals surface area (Å²) in [6.45, 7) is 0.849. The quantitative estimate of drug-likeness (QED) is 0.298. The zero-order chi connectivity index (χ0) is 20.0. The van der Waals surface area contributed by atoms with Crippen LogP contribution in [0.5, 0.6) is 0 Å². The minimum absolute atomic E-state index is 0.338. The molecular formula is C18H28O7. The molecule has 0 aliphatic rings. The Bertz CT molecular complexity index is 566. The van der Waals surface area contributed by atoms with E-state index in [0.29, 0.717) is 18.4 Å². The zero-order valence-corrected chi connectivity index (χ0v) is 14.2. The first kappa shape index (κ1) is 20.0. The number of ketones is 1. The van der Waals surface area contributed by atoms with Crippen LogP contribution in [-0.2, 0) is 4.79 Å². The maximum atomic E-state index is 12.4. The number of hydrogen-bond donors (Lipinski definition) is 6. The second-order valence-electron chi connectivity index (χ2n) is 6.09. The molecule has 0 bridgehead atoms. The van der Waals surface area contributed by atoms with Gasteiger partial charge in [-0.2, -0.15) is 0 Å². The minimum Gasteiger partial charge on any atom is -0.393 e. The van der Waals surface area contributed by atoms with Gasteiger partial charge in [0.25, 0.3) is 0 Å². The van der Waals surface area contributed by atoms with Gasteiger partial charge in [-0.15, -0.1) is 0 Å². The molecule has 1 rings (SSSR count). The van der Waals surface area contributed by atoms with Crippen LogP contribution in [0.25, 0.3) is 0 Å². The Morgan fingerprint density at radius 2 is 1.80 bits per heavy atom. The van der Waals surface area contributed by atoms with Crippen molar-refractivity contribution >= 4 is 5.78 Å². The van der Waals surface area contributed by atoms with Gasteiger partial charge in [0, 0.05) is 7.79 Å². The lowest BCUT2D eigenvalue weighted by Crippen LogP contribution is -2.59. The molecule has 6 N–H and O–H groups in total. The Morgan fingerprint density at radius 3 is 2.32 bits per heavy atom. The molecule has 7 heteroatoms. The second-order valence-corrected chi connectivity index (χ2v) is 6.09. The molecule has 0 radical (unpaired) electrons. The first-order valence-electron chi connectivity index (χ1n) is 8.78. The molecule has 0 fully saturated rings. The van der Waals surface area contributed by atoms with Gasteiger partial charge in [-0.25, -0.2) is 0 Å². The average molecular weight is 357 g/mol. The number of rotatable bonds is 11. The fraction of sp³-hybridized carbons (Fsp3) is 0.611. The largest absolute Gasteiger partial charge is 0.393 e. The molecule has 1 aromatic carbocycles. The van der Waals surface area contributed by atoms with Gasteiger partial charge < -0.3 is 30.6 Å². The standard InChI is InChI=1S/C18H28O7/c1-2-3-7-13(12-8-5-4-6-9-12)10-14(20)16(22)17(23)18(24,25)15(21)11-19/h4-6,8-9,13,15-17,19,21-25H,2-3,7,10-11H2,1H3/t13?,15-,16+,17-/m1/s1/i13D. The van der Waals surface area contributed by atoms with Gasteiger partial charge in [0.05, 0.1) is 6.61 Å². The summed E-state index contributed by atoms with van der Waals surface area (Å²) in [4.78, 5) is 12.4. The molecule has 0 aromatic heterocycles. The van der Waals surface area contributed by atoms with Crippen LogP contribution in [0.15, 0.2) is 30.3 Å². The van der Waals surface area contributed by atoms with Crippen LogP contribution in [0.1, 0.15) is 45.4 Å². The van der Waals surface area contributed by atoms with Crippen LogP contribution < -0.4 is 0 Å². The highest BCUT2D eigenvalue weighted by atomic mass is 16.5. The van der Waals surface area contributed by atoms with Crippen LogP contribution in [0.4, 0.5) is 0 Å². The minimum atomic E-state index is -3.27. The number of aliphatic hydroxyl groups excluding tert-OH is 4. The van der Waals surface area contributed by atoms with Crippen molar-refractivity contribution in [2.75, 3.05) is 6.61 Å². The third kappa shape index (κ3) is 5.85. The van der Waals surface area contributed by atoms with Gasteiger partial charge in [0.1, 0.15) is 18.3 Å². The van der Waals surface area contributed by atoms with Gasteiger partial charge in [-0.3, -0.25) is 4.79 Å². The number of aliphatic hydroxyl groups is 6. The van der Waals surface area contributed by atoms with Crippen LogP contribution in [-0.4, -0.2) is 67.1 Å². The molecule has 1 unspecified atom stereocenters. The SMILES string of the molecule is [2H]C(CCCC)(CC(=O)[C@H](O)[C@@H](O)C(O)(O)[C@H](O)CO)c1ccccc1. The predicted octanol–water partition coefficient (Wildman–Crippen LogP) is -0.325. The van der Waals surface area contributed by atoms with Crippen LogP contribution >= 0.6 is 0 Å². The second kappa shape index (κ2) is 9.96. The van der Waals surface area contributed by atoms with E-state index < -0.39 is 48.8 Å². The van der Waals surface area contributed by atoms with E-state index in [1.807, 2.05) is 6.92 Å². The molecule has 0 spiro atoms. The molecular weight excluding hydrogens is 328 g/mol. The summed E-state index contributed by atoms with van der Waals surface area (Å²) >= 11 is 0. The fourth-order valence-electron chi connectivity index (χ4n) is 2.45. The predicted molar refractivity (Wildman–Crippen MR) is 90.6 cm³/mol. The highest BCUT2D eigenvalue weighted by molar-refractivity contribution is 5.84. The molecule has 0 aliphatic heterocycles. The maximum absolute atomic E-state index is 12.4. The van der Waals surface area contributed by atoms with E-state index >= 15 is 0 Å². The highest BCUT2D eigenvalue weighted by Gasteiger charge is 2.46. The van der Waals surface area contributed by atoms with E-state index in [-0.39, 0.29) is 0 Å². The van der Waals surface area contributed by atoms with Crippen molar-refractivity contribution in [1.82, 2.24) is 0 Å². The van der Waals surface area contributed by atoms with Crippen molar-refractivity contribution in [1.29, 1.82) is 0 Å². The summed E-state index contributed by atoms with van der Waals surface area (Å²) in [5.41, 5.74) is 0.568. The van der Waals surface area contributed by atoms with Crippen molar-refractivity contribution in [3.8, 4) is 0 Å². The van der Waals surface area contributed by atoms with E-state index in [1.54, 1.807) is 30.3 Å². The summed E-state index contributed by atoms with van der Waals surface area (Å²) in [6, 6.07) is 8.61. The van der Waals surface area contributed by atoms with Crippen molar-refractivity contribution in [2.24, 2.45) is 0 Å². The Labute approximate surface area is 148 Å². The molecule has 0 heterocycles. The monoisotopic (exact) mass is 357 g/mol. The van der Waals surface area contributed by atoms with E-state index in [4.69, 9.17) is 6.48 Å². The molecule has 0 saturated carbocycles. The van der Waals surface area contributed by atoms with Crippen molar-refractivity contribution in [3.63, 3.8) is 0 Å². The number of benzene rings is 1. The summed E-state index contributed by atoms with van der Waals surface area (Å²) in [5, 5.41) is 57.3.